The van der Waals surface area contributed by atoms with Gasteiger partial charge in [0.2, 0.25) is 5.95 Å². The highest BCUT2D eigenvalue weighted by Gasteiger charge is 2.32. The van der Waals surface area contributed by atoms with Crippen LogP contribution in [0.4, 0.5) is 11.8 Å². The van der Waals surface area contributed by atoms with Crippen LogP contribution in [0.3, 0.4) is 0 Å². The standard InChI is InChI=1S/C18H27N7O2/c1-6-27-18-21-14(5)20-17(23-18)25-11(2)9-24(10-12(25)3)15-7-8-19-16(22-15)13(4)26/h7-8,11-13,26H,6,9-10H2,1-5H3/t11-,12+,13-/m0/s1. The first-order chi connectivity index (χ1) is 12.9. The minimum absolute atomic E-state index is 0.162. The molecule has 0 aromatic carbocycles. The van der Waals surface area contributed by atoms with E-state index >= 15 is 0 Å². The highest BCUT2D eigenvalue weighted by Crippen LogP contribution is 2.25. The summed E-state index contributed by atoms with van der Waals surface area (Å²) in [6.45, 7) is 11.7. The number of aliphatic hydroxyl groups excluding tert-OH is 1. The second-order valence-electron chi connectivity index (χ2n) is 6.86. The molecule has 0 saturated carbocycles. The van der Waals surface area contributed by atoms with E-state index in [1.165, 1.54) is 0 Å². The predicted molar refractivity (Wildman–Crippen MR) is 102 cm³/mol. The number of aryl methyl sites for hydroxylation is 1. The maximum absolute atomic E-state index is 9.75. The molecule has 1 saturated heterocycles. The Labute approximate surface area is 159 Å². The highest BCUT2D eigenvalue weighted by atomic mass is 16.5. The third-order valence-electron chi connectivity index (χ3n) is 4.50. The molecule has 2 aromatic rings. The Hall–Kier alpha value is -2.55. The second kappa shape index (κ2) is 7.99. The highest BCUT2D eigenvalue weighted by molar-refractivity contribution is 5.45. The molecule has 0 unspecified atom stereocenters. The first-order valence-electron chi connectivity index (χ1n) is 9.28. The third-order valence-corrected chi connectivity index (χ3v) is 4.50. The van der Waals surface area contributed by atoms with Crippen molar-refractivity contribution in [3.63, 3.8) is 0 Å². The van der Waals surface area contributed by atoms with Gasteiger partial charge in [-0.1, -0.05) is 0 Å². The summed E-state index contributed by atoms with van der Waals surface area (Å²) in [4.78, 5) is 26.3. The SMILES string of the molecule is CCOc1nc(C)nc(N2[C@H](C)CN(c3ccnc([C@H](C)O)n3)C[C@@H]2C)n1. The fraction of sp³-hybridized carbons (Fsp3) is 0.611. The van der Waals surface area contributed by atoms with E-state index in [1.54, 1.807) is 13.1 Å². The molecule has 27 heavy (non-hydrogen) atoms. The number of aromatic nitrogens is 5. The molecule has 1 aliphatic rings. The van der Waals surface area contributed by atoms with Crippen LogP contribution in [-0.4, -0.2) is 61.8 Å². The minimum atomic E-state index is -0.689. The zero-order chi connectivity index (χ0) is 19.6. The lowest BCUT2D eigenvalue weighted by atomic mass is 10.1. The summed E-state index contributed by atoms with van der Waals surface area (Å²) < 4.78 is 5.47. The van der Waals surface area contributed by atoms with E-state index in [9.17, 15) is 5.11 Å². The van der Waals surface area contributed by atoms with Crippen LogP contribution >= 0.6 is 0 Å². The van der Waals surface area contributed by atoms with Gasteiger partial charge in [-0.3, -0.25) is 0 Å². The molecule has 3 heterocycles. The van der Waals surface area contributed by atoms with Gasteiger partial charge in [0.05, 0.1) is 6.61 Å². The van der Waals surface area contributed by atoms with Crippen molar-refractivity contribution >= 4 is 11.8 Å². The molecule has 0 amide bonds. The van der Waals surface area contributed by atoms with Crippen molar-refractivity contribution in [2.75, 3.05) is 29.5 Å². The fourth-order valence-electron chi connectivity index (χ4n) is 3.40. The van der Waals surface area contributed by atoms with Crippen molar-refractivity contribution in [3.05, 3.63) is 23.9 Å². The molecule has 0 radical (unpaired) electrons. The van der Waals surface area contributed by atoms with Gasteiger partial charge in [0, 0.05) is 31.4 Å². The molecule has 2 aromatic heterocycles. The van der Waals surface area contributed by atoms with Gasteiger partial charge in [0.15, 0.2) is 5.82 Å². The van der Waals surface area contributed by atoms with Gasteiger partial charge < -0.3 is 19.6 Å². The van der Waals surface area contributed by atoms with Gasteiger partial charge in [-0.15, -0.1) is 0 Å². The smallest absolute Gasteiger partial charge is 0.321 e. The molecule has 0 aliphatic carbocycles. The van der Waals surface area contributed by atoms with Gasteiger partial charge in [0.1, 0.15) is 17.7 Å². The number of anilines is 2. The number of piperazine rings is 1. The molecule has 3 atom stereocenters. The summed E-state index contributed by atoms with van der Waals surface area (Å²) >= 11 is 0. The number of hydrogen-bond donors (Lipinski definition) is 1. The molecule has 0 spiro atoms. The van der Waals surface area contributed by atoms with Crippen LogP contribution in [0.2, 0.25) is 0 Å². The van der Waals surface area contributed by atoms with Gasteiger partial charge in [-0.25, -0.2) is 9.97 Å². The Morgan fingerprint density at radius 2 is 1.89 bits per heavy atom. The summed E-state index contributed by atoms with van der Waals surface area (Å²) in [6, 6.07) is 2.56. The van der Waals surface area contributed by atoms with Gasteiger partial charge in [-0.05, 0) is 40.7 Å². The van der Waals surface area contributed by atoms with E-state index in [-0.39, 0.29) is 12.1 Å². The van der Waals surface area contributed by atoms with Crippen LogP contribution < -0.4 is 14.5 Å². The molecule has 3 rings (SSSR count). The van der Waals surface area contributed by atoms with Crippen LogP contribution in [0.5, 0.6) is 6.01 Å². The van der Waals surface area contributed by atoms with E-state index < -0.39 is 6.10 Å². The average molecular weight is 373 g/mol. The molecular weight excluding hydrogens is 346 g/mol. The molecule has 1 aliphatic heterocycles. The quantitative estimate of drug-likeness (QED) is 0.836. The van der Waals surface area contributed by atoms with E-state index in [0.29, 0.717) is 30.2 Å². The minimum Gasteiger partial charge on any atom is -0.464 e. The lowest BCUT2D eigenvalue weighted by Gasteiger charge is -2.44. The van der Waals surface area contributed by atoms with Crippen molar-refractivity contribution in [2.24, 2.45) is 0 Å². The van der Waals surface area contributed by atoms with Crippen LogP contribution in [0.1, 0.15) is 45.4 Å². The molecule has 146 valence electrons. The summed E-state index contributed by atoms with van der Waals surface area (Å²) in [6.07, 6.45) is 1.00. The summed E-state index contributed by atoms with van der Waals surface area (Å²) in [5.41, 5.74) is 0. The second-order valence-corrected chi connectivity index (χ2v) is 6.86. The Kier molecular flexibility index (Phi) is 5.69. The largest absolute Gasteiger partial charge is 0.464 e. The van der Waals surface area contributed by atoms with Gasteiger partial charge >= 0.3 is 6.01 Å². The van der Waals surface area contributed by atoms with Crippen LogP contribution in [0, 0.1) is 6.92 Å². The summed E-state index contributed by atoms with van der Waals surface area (Å²) in [5, 5.41) is 9.75. The first kappa shape index (κ1) is 19.2. The van der Waals surface area contributed by atoms with Gasteiger partial charge in [0.25, 0.3) is 0 Å². The van der Waals surface area contributed by atoms with Crippen LogP contribution in [-0.2, 0) is 0 Å². The third kappa shape index (κ3) is 4.24. The Bertz CT molecular complexity index is 774. The maximum atomic E-state index is 9.75. The first-order valence-corrected chi connectivity index (χ1v) is 9.28. The van der Waals surface area contributed by atoms with E-state index in [1.807, 2.05) is 19.9 Å². The maximum Gasteiger partial charge on any atom is 0.321 e. The van der Waals surface area contributed by atoms with E-state index in [0.717, 1.165) is 18.9 Å². The Morgan fingerprint density at radius 1 is 1.19 bits per heavy atom. The number of hydrogen-bond acceptors (Lipinski definition) is 9. The van der Waals surface area contributed by atoms with E-state index in [4.69, 9.17) is 4.74 Å². The lowest BCUT2D eigenvalue weighted by molar-refractivity contribution is 0.189. The number of nitrogens with zero attached hydrogens (tertiary/aromatic N) is 7. The van der Waals surface area contributed by atoms with Crippen molar-refractivity contribution < 1.29 is 9.84 Å². The van der Waals surface area contributed by atoms with Crippen LogP contribution in [0.25, 0.3) is 0 Å². The topological polar surface area (TPSA) is 100 Å². The average Bonchev–Trinajstić information content (AvgIpc) is 2.61. The molecule has 1 fully saturated rings. The van der Waals surface area contributed by atoms with E-state index in [2.05, 4.69) is 48.6 Å². The van der Waals surface area contributed by atoms with Gasteiger partial charge in [-0.2, -0.15) is 15.0 Å². The number of ether oxygens (including phenoxy) is 1. The zero-order valence-corrected chi connectivity index (χ0v) is 16.5. The number of aliphatic hydroxyl groups is 1. The molecular formula is C18H27N7O2. The Balaban J connectivity index is 1.82. The zero-order valence-electron chi connectivity index (χ0n) is 16.5. The monoisotopic (exact) mass is 373 g/mol. The Morgan fingerprint density at radius 3 is 2.52 bits per heavy atom. The summed E-state index contributed by atoms with van der Waals surface area (Å²) in [7, 11) is 0. The normalized spacial score (nSPS) is 21.3. The molecule has 9 heteroatoms. The van der Waals surface area contributed by atoms with Crippen molar-refractivity contribution in [3.8, 4) is 6.01 Å². The lowest BCUT2D eigenvalue weighted by Crippen LogP contribution is -2.58. The van der Waals surface area contributed by atoms with Crippen molar-refractivity contribution in [1.82, 2.24) is 24.9 Å². The molecule has 9 nitrogen and oxygen atoms in total. The number of rotatable bonds is 5. The fourth-order valence-corrected chi connectivity index (χ4v) is 3.40. The molecule has 1 N–H and O–H groups in total. The molecule has 0 bridgehead atoms. The van der Waals surface area contributed by atoms with Crippen molar-refractivity contribution in [1.29, 1.82) is 0 Å². The van der Waals surface area contributed by atoms with Crippen molar-refractivity contribution in [2.45, 2.75) is 52.8 Å². The predicted octanol–water partition coefficient (Wildman–Crippen LogP) is 1.53. The summed E-state index contributed by atoms with van der Waals surface area (Å²) in [5.74, 6) is 2.53. The van der Waals surface area contributed by atoms with Crippen LogP contribution in [0.15, 0.2) is 12.3 Å².